The standard InChI is InChI=1S/C20H25N5OS/c1-3-22-19(24-14-20(2,26)18-9-6-12-27-18)23-13-16-7-4-5-8-17(16)25-11-10-21-15-25/h4-12,15,26H,3,13-14H2,1-2H3,(H2,22,23,24). The summed E-state index contributed by atoms with van der Waals surface area (Å²) in [4.78, 5) is 9.74. The third-order valence-electron chi connectivity index (χ3n) is 4.18. The highest BCUT2D eigenvalue weighted by Gasteiger charge is 2.24. The van der Waals surface area contributed by atoms with Gasteiger partial charge in [0.15, 0.2) is 5.96 Å². The van der Waals surface area contributed by atoms with Crippen LogP contribution in [0.25, 0.3) is 5.69 Å². The van der Waals surface area contributed by atoms with E-state index in [4.69, 9.17) is 4.99 Å². The van der Waals surface area contributed by atoms with Crippen molar-refractivity contribution in [3.8, 4) is 5.69 Å². The minimum Gasteiger partial charge on any atom is -0.383 e. The average Bonchev–Trinajstić information content (AvgIpc) is 3.38. The van der Waals surface area contributed by atoms with Crippen molar-refractivity contribution in [2.45, 2.75) is 26.0 Å². The van der Waals surface area contributed by atoms with Crippen molar-refractivity contribution in [1.29, 1.82) is 0 Å². The molecule has 27 heavy (non-hydrogen) atoms. The fourth-order valence-electron chi connectivity index (χ4n) is 2.73. The molecule has 2 aromatic heterocycles. The molecule has 0 aliphatic heterocycles. The summed E-state index contributed by atoms with van der Waals surface area (Å²) in [6, 6.07) is 12.0. The summed E-state index contributed by atoms with van der Waals surface area (Å²) >= 11 is 1.55. The average molecular weight is 384 g/mol. The van der Waals surface area contributed by atoms with Gasteiger partial charge in [0.1, 0.15) is 5.60 Å². The second-order valence-corrected chi connectivity index (χ2v) is 7.35. The molecule has 0 fully saturated rings. The Morgan fingerprint density at radius 2 is 2.11 bits per heavy atom. The van der Waals surface area contributed by atoms with Gasteiger partial charge in [0, 0.05) is 23.8 Å². The van der Waals surface area contributed by atoms with Gasteiger partial charge in [-0.3, -0.25) is 0 Å². The molecule has 0 amide bonds. The van der Waals surface area contributed by atoms with Crippen LogP contribution in [0.15, 0.2) is 65.5 Å². The quantitative estimate of drug-likeness (QED) is 0.433. The van der Waals surface area contributed by atoms with E-state index in [1.54, 1.807) is 23.9 Å². The van der Waals surface area contributed by atoms with Crippen LogP contribution in [0.5, 0.6) is 0 Å². The molecule has 1 unspecified atom stereocenters. The third-order valence-corrected chi connectivity index (χ3v) is 5.30. The predicted molar refractivity (Wildman–Crippen MR) is 110 cm³/mol. The zero-order valence-corrected chi connectivity index (χ0v) is 16.4. The Morgan fingerprint density at radius 3 is 2.81 bits per heavy atom. The molecule has 142 valence electrons. The maximum atomic E-state index is 10.7. The van der Waals surface area contributed by atoms with Gasteiger partial charge < -0.3 is 20.3 Å². The summed E-state index contributed by atoms with van der Waals surface area (Å²) < 4.78 is 1.98. The zero-order chi connectivity index (χ0) is 19.1. The second kappa shape index (κ2) is 8.83. The summed E-state index contributed by atoms with van der Waals surface area (Å²) in [6.45, 7) is 5.47. The maximum Gasteiger partial charge on any atom is 0.191 e. The lowest BCUT2D eigenvalue weighted by Crippen LogP contribution is -2.44. The molecule has 1 atom stereocenters. The van der Waals surface area contributed by atoms with E-state index in [1.165, 1.54) is 0 Å². The van der Waals surface area contributed by atoms with Crippen LogP contribution in [0.4, 0.5) is 0 Å². The molecule has 0 saturated heterocycles. The van der Waals surface area contributed by atoms with Crippen molar-refractivity contribution < 1.29 is 5.11 Å². The fourth-order valence-corrected chi connectivity index (χ4v) is 3.52. The van der Waals surface area contributed by atoms with Gasteiger partial charge in [0.2, 0.25) is 0 Å². The number of nitrogens with zero attached hydrogens (tertiary/aromatic N) is 3. The van der Waals surface area contributed by atoms with E-state index in [2.05, 4.69) is 27.8 Å². The molecule has 3 aromatic rings. The Labute approximate surface area is 163 Å². The Hall–Kier alpha value is -2.64. The number of nitrogens with one attached hydrogen (secondary N) is 2. The van der Waals surface area contributed by atoms with Gasteiger partial charge in [-0.15, -0.1) is 11.3 Å². The summed E-state index contributed by atoms with van der Waals surface area (Å²) in [5.41, 5.74) is 1.21. The summed E-state index contributed by atoms with van der Waals surface area (Å²) in [5, 5.41) is 19.2. The van der Waals surface area contributed by atoms with E-state index >= 15 is 0 Å². The molecule has 3 N–H and O–H groups in total. The van der Waals surface area contributed by atoms with Crippen molar-refractivity contribution in [2.75, 3.05) is 13.1 Å². The molecule has 0 saturated carbocycles. The zero-order valence-electron chi connectivity index (χ0n) is 15.6. The molecule has 1 aromatic carbocycles. The first-order valence-corrected chi connectivity index (χ1v) is 9.83. The number of benzene rings is 1. The number of hydrogen-bond acceptors (Lipinski definition) is 4. The Balaban J connectivity index is 1.72. The van der Waals surface area contributed by atoms with Gasteiger partial charge in [-0.05, 0) is 36.9 Å². The molecular weight excluding hydrogens is 358 g/mol. The number of para-hydroxylation sites is 1. The first-order valence-electron chi connectivity index (χ1n) is 8.95. The lowest BCUT2D eigenvalue weighted by atomic mass is 10.1. The highest BCUT2D eigenvalue weighted by atomic mass is 32.1. The smallest absolute Gasteiger partial charge is 0.191 e. The van der Waals surface area contributed by atoms with Crippen LogP contribution < -0.4 is 10.6 Å². The Bertz CT molecular complexity index is 856. The van der Waals surface area contributed by atoms with Gasteiger partial charge in [0.05, 0.1) is 25.1 Å². The number of thiophene rings is 1. The van der Waals surface area contributed by atoms with E-state index in [-0.39, 0.29) is 0 Å². The molecule has 0 bridgehead atoms. The van der Waals surface area contributed by atoms with E-state index in [0.717, 1.165) is 22.7 Å². The predicted octanol–water partition coefficient (Wildman–Crippen LogP) is 2.90. The molecule has 0 spiro atoms. The van der Waals surface area contributed by atoms with E-state index in [1.807, 2.05) is 54.3 Å². The van der Waals surface area contributed by atoms with E-state index < -0.39 is 5.60 Å². The highest BCUT2D eigenvalue weighted by molar-refractivity contribution is 7.10. The fraction of sp³-hybridized carbons (Fsp3) is 0.300. The molecule has 0 aliphatic carbocycles. The van der Waals surface area contributed by atoms with Crippen LogP contribution in [-0.4, -0.2) is 33.7 Å². The first kappa shape index (κ1) is 19.1. The van der Waals surface area contributed by atoms with Gasteiger partial charge in [-0.2, -0.15) is 0 Å². The summed E-state index contributed by atoms with van der Waals surface area (Å²) in [6.07, 6.45) is 5.47. The monoisotopic (exact) mass is 383 g/mol. The molecule has 6 nitrogen and oxygen atoms in total. The molecule has 0 radical (unpaired) electrons. The van der Waals surface area contributed by atoms with Crippen LogP contribution >= 0.6 is 11.3 Å². The van der Waals surface area contributed by atoms with Crippen molar-refractivity contribution in [3.05, 3.63) is 70.9 Å². The van der Waals surface area contributed by atoms with Crippen molar-refractivity contribution in [2.24, 2.45) is 4.99 Å². The van der Waals surface area contributed by atoms with Crippen molar-refractivity contribution in [3.63, 3.8) is 0 Å². The molecular formula is C20H25N5OS. The minimum absolute atomic E-state index is 0.377. The van der Waals surface area contributed by atoms with Gasteiger partial charge in [0.25, 0.3) is 0 Å². The van der Waals surface area contributed by atoms with Gasteiger partial charge in [-0.1, -0.05) is 24.3 Å². The SMILES string of the molecule is CCNC(=NCc1ccccc1-n1ccnc1)NCC(C)(O)c1cccs1. The lowest BCUT2D eigenvalue weighted by Gasteiger charge is -2.23. The van der Waals surface area contributed by atoms with Crippen LogP contribution in [0, 0.1) is 0 Å². The summed E-state index contributed by atoms with van der Waals surface area (Å²) in [7, 11) is 0. The molecule has 0 aliphatic rings. The Kier molecular flexibility index (Phi) is 6.26. The molecule has 3 rings (SSSR count). The maximum absolute atomic E-state index is 10.7. The largest absolute Gasteiger partial charge is 0.383 e. The number of hydrogen-bond donors (Lipinski definition) is 3. The van der Waals surface area contributed by atoms with E-state index in [9.17, 15) is 5.11 Å². The van der Waals surface area contributed by atoms with Crippen LogP contribution in [0.1, 0.15) is 24.3 Å². The number of rotatable bonds is 7. The number of aliphatic hydroxyl groups is 1. The topological polar surface area (TPSA) is 74.5 Å². The van der Waals surface area contributed by atoms with Crippen molar-refractivity contribution in [1.82, 2.24) is 20.2 Å². The lowest BCUT2D eigenvalue weighted by molar-refractivity contribution is 0.0655. The van der Waals surface area contributed by atoms with E-state index in [0.29, 0.717) is 19.0 Å². The molecule has 7 heteroatoms. The van der Waals surface area contributed by atoms with Crippen LogP contribution in [0.2, 0.25) is 0 Å². The number of imidazole rings is 1. The number of guanidine groups is 1. The van der Waals surface area contributed by atoms with Gasteiger partial charge >= 0.3 is 0 Å². The third kappa shape index (κ3) is 4.96. The summed E-state index contributed by atoms with van der Waals surface area (Å²) in [5.74, 6) is 0.676. The van der Waals surface area contributed by atoms with Crippen molar-refractivity contribution >= 4 is 17.3 Å². The van der Waals surface area contributed by atoms with Gasteiger partial charge in [-0.25, -0.2) is 9.98 Å². The Morgan fingerprint density at radius 1 is 1.26 bits per heavy atom. The number of aliphatic imine (C=N–C) groups is 1. The first-order chi connectivity index (χ1) is 13.1. The molecule has 2 heterocycles. The normalized spacial score (nSPS) is 14.0. The number of aromatic nitrogens is 2. The van der Waals surface area contributed by atoms with Crippen LogP contribution in [0.3, 0.4) is 0 Å². The van der Waals surface area contributed by atoms with Crippen LogP contribution in [-0.2, 0) is 12.1 Å². The minimum atomic E-state index is -0.945. The second-order valence-electron chi connectivity index (χ2n) is 6.40. The highest BCUT2D eigenvalue weighted by Crippen LogP contribution is 2.24.